The van der Waals surface area contributed by atoms with Gasteiger partial charge in [0.2, 0.25) is 6.29 Å². The predicted octanol–water partition coefficient (Wildman–Crippen LogP) is 4.13. The summed E-state index contributed by atoms with van der Waals surface area (Å²) in [7, 11) is 0. The van der Waals surface area contributed by atoms with Gasteiger partial charge < -0.3 is 14.6 Å². The van der Waals surface area contributed by atoms with Crippen LogP contribution in [-0.2, 0) is 25.5 Å². The van der Waals surface area contributed by atoms with Gasteiger partial charge in [-0.3, -0.25) is 4.79 Å². The monoisotopic (exact) mass is 388 g/mol. The molecule has 1 aliphatic rings. The smallest absolute Gasteiger partial charge is 0.333 e. The minimum Gasteiger partial charge on any atom is -0.458 e. The van der Waals surface area contributed by atoms with Gasteiger partial charge in [-0.05, 0) is 43.2 Å². The summed E-state index contributed by atoms with van der Waals surface area (Å²) in [6.07, 6.45) is 4.99. The molecule has 0 bridgehead atoms. The Bertz CT molecular complexity index is 805. The van der Waals surface area contributed by atoms with Crippen LogP contribution in [0.5, 0.6) is 0 Å². The number of rotatable bonds is 9. The number of aliphatic hydroxyl groups is 1. The average molecular weight is 388 g/mol. The molecule has 2 aromatic rings. The first kappa shape index (κ1) is 19.6. The molecule has 0 saturated heterocycles. The molecule has 0 radical (unpaired) electrons. The third kappa shape index (κ3) is 5.40. The summed E-state index contributed by atoms with van der Waals surface area (Å²) in [6, 6.07) is 10.7. The molecule has 5 nitrogen and oxygen atoms in total. The van der Waals surface area contributed by atoms with Crippen LogP contribution in [0.3, 0.4) is 0 Å². The highest BCUT2D eigenvalue weighted by Crippen LogP contribution is 2.27. The molecule has 27 heavy (non-hydrogen) atoms. The van der Waals surface area contributed by atoms with Gasteiger partial charge in [0.15, 0.2) is 0 Å². The van der Waals surface area contributed by atoms with E-state index in [0.29, 0.717) is 12.0 Å². The Hall–Kier alpha value is -2.18. The SMILES string of the molecule is CC(=O)OC(CCCCCCc1cc2ccccc2s1)C1=CC(=O)OC1O. The van der Waals surface area contributed by atoms with Crippen molar-refractivity contribution in [2.24, 2.45) is 0 Å². The number of aliphatic hydroxyl groups excluding tert-OH is 1. The zero-order valence-corrected chi connectivity index (χ0v) is 16.2. The highest BCUT2D eigenvalue weighted by atomic mass is 32.1. The van der Waals surface area contributed by atoms with Crippen LogP contribution in [0.2, 0.25) is 0 Å². The molecule has 0 spiro atoms. The number of esters is 2. The lowest BCUT2D eigenvalue weighted by molar-refractivity contribution is -0.153. The predicted molar refractivity (Wildman–Crippen MR) is 104 cm³/mol. The first-order valence-corrected chi connectivity index (χ1v) is 10.1. The Kier molecular flexibility index (Phi) is 6.63. The molecule has 1 aromatic carbocycles. The number of unbranched alkanes of at least 4 members (excludes halogenated alkanes) is 3. The molecule has 2 atom stereocenters. The maximum Gasteiger partial charge on any atom is 0.333 e. The number of hydrogen-bond acceptors (Lipinski definition) is 6. The van der Waals surface area contributed by atoms with Crippen molar-refractivity contribution in [2.45, 2.75) is 57.8 Å². The van der Waals surface area contributed by atoms with Crippen molar-refractivity contribution in [1.29, 1.82) is 0 Å². The van der Waals surface area contributed by atoms with E-state index in [4.69, 9.17) is 4.74 Å². The zero-order chi connectivity index (χ0) is 19.2. The lowest BCUT2D eigenvalue weighted by atomic mass is 10.0. The second-order valence-corrected chi connectivity index (χ2v) is 7.90. The van der Waals surface area contributed by atoms with Gasteiger partial charge >= 0.3 is 11.9 Å². The summed E-state index contributed by atoms with van der Waals surface area (Å²) in [4.78, 5) is 24.0. The van der Waals surface area contributed by atoms with Gasteiger partial charge in [0, 0.05) is 28.1 Å². The third-order valence-corrected chi connectivity index (χ3v) is 5.77. The van der Waals surface area contributed by atoms with Crippen molar-refractivity contribution in [1.82, 2.24) is 0 Å². The van der Waals surface area contributed by atoms with Gasteiger partial charge in [-0.1, -0.05) is 31.0 Å². The fraction of sp³-hybridized carbons (Fsp3) is 0.429. The van der Waals surface area contributed by atoms with Crippen molar-refractivity contribution < 1.29 is 24.2 Å². The Morgan fingerprint density at radius 1 is 1.26 bits per heavy atom. The highest BCUT2D eigenvalue weighted by Gasteiger charge is 2.31. The number of carbonyl (C=O) groups excluding carboxylic acids is 2. The number of fused-ring (bicyclic) bond motifs is 1. The number of carbonyl (C=O) groups is 2. The molecule has 0 fully saturated rings. The van der Waals surface area contributed by atoms with Crippen LogP contribution in [0.1, 0.15) is 43.9 Å². The van der Waals surface area contributed by atoms with Crippen molar-refractivity contribution in [3.63, 3.8) is 0 Å². The Balaban J connectivity index is 1.41. The van der Waals surface area contributed by atoms with Crippen LogP contribution >= 0.6 is 11.3 Å². The molecule has 1 N–H and O–H groups in total. The summed E-state index contributed by atoms with van der Waals surface area (Å²) in [6.45, 7) is 1.32. The van der Waals surface area contributed by atoms with E-state index in [2.05, 4.69) is 35.1 Å². The third-order valence-electron chi connectivity index (χ3n) is 4.59. The first-order chi connectivity index (χ1) is 13.0. The fourth-order valence-corrected chi connectivity index (χ4v) is 4.41. The van der Waals surface area contributed by atoms with Gasteiger partial charge in [-0.25, -0.2) is 4.79 Å². The number of thiophene rings is 1. The maximum absolute atomic E-state index is 11.3. The first-order valence-electron chi connectivity index (χ1n) is 9.28. The number of benzene rings is 1. The average Bonchev–Trinajstić information content (AvgIpc) is 3.18. The largest absolute Gasteiger partial charge is 0.458 e. The molecule has 3 rings (SSSR count). The lowest BCUT2D eigenvalue weighted by Gasteiger charge is -2.19. The van der Waals surface area contributed by atoms with Crippen LogP contribution in [0.4, 0.5) is 0 Å². The van der Waals surface area contributed by atoms with Gasteiger partial charge in [0.1, 0.15) is 6.10 Å². The topological polar surface area (TPSA) is 72.8 Å². The van der Waals surface area contributed by atoms with E-state index < -0.39 is 24.3 Å². The highest BCUT2D eigenvalue weighted by molar-refractivity contribution is 7.19. The normalized spacial score (nSPS) is 17.6. The molecule has 2 heterocycles. The maximum atomic E-state index is 11.3. The van der Waals surface area contributed by atoms with Gasteiger partial charge in [-0.2, -0.15) is 0 Å². The molecule has 1 aromatic heterocycles. The van der Waals surface area contributed by atoms with E-state index in [1.54, 1.807) is 0 Å². The molecule has 0 aliphatic carbocycles. The quantitative estimate of drug-likeness (QED) is 0.517. The number of hydrogen-bond donors (Lipinski definition) is 1. The summed E-state index contributed by atoms with van der Waals surface area (Å²) in [5, 5.41) is 11.1. The number of aryl methyl sites for hydroxylation is 1. The summed E-state index contributed by atoms with van der Waals surface area (Å²) in [5.74, 6) is -1.03. The Morgan fingerprint density at radius 2 is 2.04 bits per heavy atom. The molecule has 144 valence electrons. The van der Waals surface area contributed by atoms with Crippen molar-refractivity contribution in [3.05, 3.63) is 46.9 Å². The molecule has 6 heteroatoms. The van der Waals surface area contributed by atoms with E-state index in [-0.39, 0.29) is 0 Å². The van der Waals surface area contributed by atoms with Crippen molar-refractivity contribution in [2.75, 3.05) is 0 Å². The lowest BCUT2D eigenvalue weighted by Crippen LogP contribution is -2.25. The standard InChI is InChI=1S/C21H24O5S/c1-14(22)25-18(17-13-20(23)26-21(17)24)10-5-3-2-4-9-16-12-15-8-6-7-11-19(15)27-16/h6-8,11-13,18,21,24H,2-5,9-10H2,1H3. The molecule has 0 amide bonds. The minimum atomic E-state index is -1.31. The van der Waals surface area contributed by atoms with Crippen LogP contribution < -0.4 is 0 Å². The number of ether oxygens (including phenoxy) is 2. The van der Waals surface area contributed by atoms with Gasteiger partial charge in [0.05, 0.1) is 0 Å². The zero-order valence-electron chi connectivity index (χ0n) is 15.3. The molecule has 2 unspecified atom stereocenters. The Labute approximate surface area is 162 Å². The van der Waals surface area contributed by atoms with E-state index in [9.17, 15) is 14.7 Å². The van der Waals surface area contributed by atoms with Crippen LogP contribution in [-0.4, -0.2) is 29.4 Å². The van der Waals surface area contributed by atoms with Gasteiger partial charge in [-0.15, -0.1) is 11.3 Å². The number of cyclic esters (lactones) is 1. The van der Waals surface area contributed by atoms with Crippen LogP contribution in [0, 0.1) is 0 Å². The minimum absolute atomic E-state index is 0.334. The molecule has 0 saturated carbocycles. The fourth-order valence-electron chi connectivity index (χ4n) is 3.31. The summed E-state index contributed by atoms with van der Waals surface area (Å²) >= 11 is 1.85. The molecular weight excluding hydrogens is 364 g/mol. The molecular formula is C21H24O5S. The van der Waals surface area contributed by atoms with E-state index in [1.807, 2.05) is 11.3 Å². The van der Waals surface area contributed by atoms with Crippen LogP contribution in [0.15, 0.2) is 42.0 Å². The van der Waals surface area contributed by atoms with Crippen LogP contribution in [0.25, 0.3) is 10.1 Å². The second-order valence-electron chi connectivity index (χ2n) is 6.74. The van der Waals surface area contributed by atoms with Crippen molar-refractivity contribution >= 4 is 33.4 Å². The van der Waals surface area contributed by atoms with E-state index >= 15 is 0 Å². The second kappa shape index (κ2) is 9.15. The summed E-state index contributed by atoms with van der Waals surface area (Å²) < 4.78 is 11.3. The summed E-state index contributed by atoms with van der Waals surface area (Å²) in [5.41, 5.74) is 0.334. The van der Waals surface area contributed by atoms with E-state index in [1.165, 1.54) is 28.0 Å². The van der Waals surface area contributed by atoms with Crippen molar-refractivity contribution in [3.8, 4) is 0 Å². The Morgan fingerprint density at radius 3 is 2.74 bits per heavy atom. The van der Waals surface area contributed by atoms with E-state index in [0.717, 1.165) is 32.1 Å². The van der Waals surface area contributed by atoms with Gasteiger partial charge in [0.25, 0.3) is 0 Å². The molecule has 1 aliphatic heterocycles.